The van der Waals surface area contributed by atoms with Gasteiger partial charge in [0.25, 0.3) is 0 Å². The van der Waals surface area contributed by atoms with Crippen LogP contribution in [0.25, 0.3) is 5.69 Å². The van der Waals surface area contributed by atoms with E-state index in [0.29, 0.717) is 10.8 Å². The molecule has 0 atom stereocenters. The van der Waals surface area contributed by atoms with Gasteiger partial charge in [0, 0.05) is 18.3 Å². The fraction of sp³-hybridized carbons (Fsp3) is 0.167. The summed E-state index contributed by atoms with van der Waals surface area (Å²) < 4.78 is 1.54. The van der Waals surface area contributed by atoms with Crippen LogP contribution in [0.1, 0.15) is 12.5 Å². The second-order valence-corrected chi connectivity index (χ2v) is 6.75. The van der Waals surface area contributed by atoms with Crippen LogP contribution in [0, 0.1) is 6.92 Å². The van der Waals surface area contributed by atoms with Crippen molar-refractivity contribution >= 4 is 35.0 Å². The van der Waals surface area contributed by atoms with Crippen molar-refractivity contribution in [1.29, 1.82) is 0 Å². The van der Waals surface area contributed by atoms with E-state index in [2.05, 4.69) is 26.2 Å². The number of carbonyl (C=O) groups is 2. The first-order valence-electron chi connectivity index (χ1n) is 8.17. The first-order valence-corrected chi connectivity index (χ1v) is 9.15. The van der Waals surface area contributed by atoms with E-state index in [1.165, 1.54) is 18.7 Å². The zero-order valence-corrected chi connectivity index (χ0v) is 15.7. The maximum atomic E-state index is 12.2. The zero-order chi connectivity index (χ0) is 19.2. The second kappa shape index (κ2) is 8.45. The lowest BCUT2D eigenvalue weighted by molar-refractivity contribution is -0.114. The average molecular weight is 382 g/mol. The zero-order valence-electron chi connectivity index (χ0n) is 14.8. The van der Waals surface area contributed by atoms with E-state index in [1.807, 2.05) is 31.2 Å². The Labute approximate surface area is 160 Å². The van der Waals surface area contributed by atoms with Crippen molar-refractivity contribution in [3.8, 4) is 5.69 Å². The highest BCUT2D eigenvalue weighted by Crippen LogP contribution is 2.20. The summed E-state index contributed by atoms with van der Waals surface area (Å²) in [6, 6.07) is 14.7. The van der Waals surface area contributed by atoms with Crippen molar-refractivity contribution < 1.29 is 9.59 Å². The van der Waals surface area contributed by atoms with Crippen molar-refractivity contribution in [2.24, 2.45) is 0 Å². The van der Waals surface area contributed by atoms with E-state index in [4.69, 9.17) is 0 Å². The van der Waals surface area contributed by atoms with Crippen LogP contribution in [0.4, 0.5) is 11.4 Å². The number of thioether (sulfide) groups is 1. The summed E-state index contributed by atoms with van der Waals surface area (Å²) in [5.74, 6) is -0.0969. The Kier molecular flexibility index (Phi) is 5.82. The lowest BCUT2D eigenvalue weighted by Gasteiger charge is -2.07. The summed E-state index contributed by atoms with van der Waals surface area (Å²) in [6.07, 6.45) is 0. The largest absolute Gasteiger partial charge is 0.326 e. The molecule has 2 N–H and O–H groups in total. The van der Waals surface area contributed by atoms with Gasteiger partial charge in [-0.05, 0) is 59.3 Å². The van der Waals surface area contributed by atoms with Gasteiger partial charge in [0.1, 0.15) is 0 Å². The van der Waals surface area contributed by atoms with Gasteiger partial charge in [0.2, 0.25) is 17.0 Å². The minimum atomic E-state index is -0.138. The van der Waals surface area contributed by atoms with Crippen LogP contribution in [-0.4, -0.2) is 37.8 Å². The molecule has 0 radical (unpaired) electrons. The normalized spacial score (nSPS) is 10.4. The Hall–Kier alpha value is -3.20. The molecule has 9 heteroatoms. The van der Waals surface area contributed by atoms with E-state index < -0.39 is 0 Å². The maximum Gasteiger partial charge on any atom is 0.234 e. The molecule has 0 spiro atoms. The number of amides is 2. The van der Waals surface area contributed by atoms with Crippen LogP contribution in [0.2, 0.25) is 0 Å². The molecule has 3 aromatic rings. The number of aromatic nitrogens is 4. The molecular formula is C18H18N6O2S. The number of aryl methyl sites for hydroxylation is 1. The lowest BCUT2D eigenvalue weighted by atomic mass is 10.2. The molecule has 0 bridgehead atoms. The molecule has 1 aromatic heterocycles. The number of tetrazole rings is 1. The van der Waals surface area contributed by atoms with Crippen LogP contribution in [-0.2, 0) is 9.59 Å². The van der Waals surface area contributed by atoms with Gasteiger partial charge in [-0.15, -0.1) is 5.10 Å². The molecule has 138 valence electrons. The van der Waals surface area contributed by atoms with Crippen LogP contribution in [0.3, 0.4) is 0 Å². The second-order valence-electron chi connectivity index (χ2n) is 5.81. The molecule has 8 nitrogen and oxygen atoms in total. The lowest BCUT2D eigenvalue weighted by Crippen LogP contribution is -2.14. The van der Waals surface area contributed by atoms with Gasteiger partial charge >= 0.3 is 0 Å². The first-order chi connectivity index (χ1) is 13.0. The molecule has 0 aliphatic rings. The number of hydrogen-bond donors (Lipinski definition) is 2. The highest BCUT2D eigenvalue weighted by molar-refractivity contribution is 7.99. The Morgan fingerprint density at radius 1 is 1.07 bits per heavy atom. The van der Waals surface area contributed by atoms with Crippen LogP contribution in [0.15, 0.2) is 53.7 Å². The number of hydrogen-bond acceptors (Lipinski definition) is 6. The number of rotatable bonds is 6. The summed E-state index contributed by atoms with van der Waals surface area (Å²) in [7, 11) is 0. The average Bonchev–Trinajstić information content (AvgIpc) is 3.09. The molecule has 3 rings (SSSR count). The summed E-state index contributed by atoms with van der Waals surface area (Å²) >= 11 is 1.24. The van der Waals surface area contributed by atoms with Gasteiger partial charge in [-0.25, -0.2) is 0 Å². The SMILES string of the molecule is CC(=O)Nc1ccc(-n2nnnc2SCC(=O)Nc2cccc(C)c2)cc1. The van der Waals surface area contributed by atoms with Gasteiger partial charge in [0.15, 0.2) is 0 Å². The Balaban J connectivity index is 1.63. The quantitative estimate of drug-likeness (QED) is 0.636. The first kappa shape index (κ1) is 18.6. The number of nitrogens with zero attached hydrogens (tertiary/aromatic N) is 4. The van der Waals surface area contributed by atoms with Gasteiger partial charge in [-0.1, -0.05) is 23.9 Å². The Bertz CT molecular complexity index is 954. The smallest absolute Gasteiger partial charge is 0.234 e. The third kappa shape index (κ3) is 5.14. The van der Waals surface area contributed by atoms with Gasteiger partial charge < -0.3 is 10.6 Å². The Morgan fingerprint density at radius 2 is 1.85 bits per heavy atom. The van der Waals surface area contributed by atoms with E-state index in [0.717, 1.165) is 16.9 Å². The number of carbonyl (C=O) groups excluding carboxylic acids is 2. The minimum absolute atomic E-state index is 0.138. The van der Waals surface area contributed by atoms with Crippen molar-refractivity contribution in [2.45, 2.75) is 19.0 Å². The van der Waals surface area contributed by atoms with Crippen LogP contribution < -0.4 is 10.6 Å². The van der Waals surface area contributed by atoms with E-state index in [-0.39, 0.29) is 17.6 Å². The summed E-state index contributed by atoms with van der Waals surface area (Å²) in [5.41, 5.74) is 3.25. The number of anilines is 2. The van der Waals surface area contributed by atoms with Crippen molar-refractivity contribution in [1.82, 2.24) is 20.2 Å². The molecule has 0 saturated carbocycles. The Morgan fingerprint density at radius 3 is 2.56 bits per heavy atom. The number of nitrogens with one attached hydrogen (secondary N) is 2. The standard InChI is InChI=1S/C18H18N6O2S/c1-12-4-3-5-15(10-12)20-17(26)11-27-18-21-22-23-24(18)16-8-6-14(7-9-16)19-13(2)25/h3-10H,11H2,1-2H3,(H,19,25)(H,20,26). The summed E-state index contributed by atoms with van der Waals surface area (Å²) in [4.78, 5) is 23.3. The van der Waals surface area contributed by atoms with Crippen molar-refractivity contribution in [3.05, 3.63) is 54.1 Å². The maximum absolute atomic E-state index is 12.2. The molecular weight excluding hydrogens is 364 g/mol. The van der Waals surface area contributed by atoms with Crippen LogP contribution in [0.5, 0.6) is 0 Å². The fourth-order valence-electron chi connectivity index (χ4n) is 2.37. The molecule has 2 aromatic carbocycles. The molecule has 1 heterocycles. The molecule has 0 aliphatic carbocycles. The van der Waals surface area contributed by atoms with E-state index >= 15 is 0 Å². The molecule has 0 fully saturated rings. The fourth-order valence-corrected chi connectivity index (χ4v) is 3.06. The highest BCUT2D eigenvalue weighted by atomic mass is 32.2. The van der Waals surface area contributed by atoms with E-state index in [9.17, 15) is 9.59 Å². The predicted molar refractivity (Wildman–Crippen MR) is 104 cm³/mol. The van der Waals surface area contributed by atoms with Gasteiger partial charge in [0.05, 0.1) is 11.4 Å². The minimum Gasteiger partial charge on any atom is -0.326 e. The van der Waals surface area contributed by atoms with Gasteiger partial charge in [-0.3, -0.25) is 9.59 Å². The topological polar surface area (TPSA) is 102 Å². The van der Waals surface area contributed by atoms with Crippen LogP contribution >= 0.6 is 11.8 Å². The van der Waals surface area contributed by atoms with Crippen molar-refractivity contribution in [2.75, 3.05) is 16.4 Å². The molecule has 0 unspecified atom stereocenters. The third-order valence-electron chi connectivity index (χ3n) is 3.51. The highest BCUT2D eigenvalue weighted by Gasteiger charge is 2.12. The van der Waals surface area contributed by atoms with Gasteiger partial charge in [-0.2, -0.15) is 4.68 Å². The third-order valence-corrected chi connectivity index (χ3v) is 4.43. The molecule has 27 heavy (non-hydrogen) atoms. The number of benzene rings is 2. The summed E-state index contributed by atoms with van der Waals surface area (Å²) in [5, 5.41) is 17.7. The van der Waals surface area contributed by atoms with Crippen molar-refractivity contribution in [3.63, 3.8) is 0 Å². The monoisotopic (exact) mass is 382 g/mol. The predicted octanol–water partition coefficient (Wildman–Crippen LogP) is 2.66. The van der Waals surface area contributed by atoms with E-state index in [1.54, 1.807) is 28.9 Å². The summed E-state index contributed by atoms with van der Waals surface area (Å²) in [6.45, 7) is 3.42. The molecule has 0 aliphatic heterocycles. The molecule has 2 amide bonds. The molecule has 0 saturated heterocycles.